The van der Waals surface area contributed by atoms with Gasteiger partial charge in [-0.15, -0.1) is 0 Å². The predicted octanol–water partition coefficient (Wildman–Crippen LogP) is 3.98. The Kier molecular flexibility index (Phi) is 6.51. The number of carboxylic acids is 1. The quantitative estimate of drug-likeness (QED) is 0.556. The topological polar surface area (TPSA) is 66.8 Å². The molecule has 0 heterocycles. The summed E-state index contributed by atoms with van der Waals surface area (Å²) in [5, 5.41) is 19.0. The minimum absolute atomic E-state index is 0.121. The fourth-order valence-electron chi connectivity index (χ4n) is 2.13. The lowest BCUT2D eigenvalue weighted by Gasteiger charge is -2.17. The molecule has 0 saturated heterocycles. The van der Waals surface area contributed by atoms with Crippen LogP contribution < -0.4 is 4.74 Å². The number of hydrogen-bond acceptors (Lipinski definition) is 3. The number of ether oxygens (including phenoxy) is 1. The zero-order valence-corrected chi connectivity index (χ0v) is 14.9. The van der Waals surface area contributed by atoms with Gasteiger partial charge in [-0.25, -0.2) is 0 Å². The highest BCUT2D eigenvalue weighted by Crippen LogP contribution is 2.39. The van der Waals surface area contributed by atoms with Crippen molar-refractivity contribution in [3.63, 3.8) is 0 Å². The fourth-order valence-corrected chi connectivity index (χ4v) is 2.86. The molecule has 0 aliphatic heterocycles. The number of phenols is 1. The Hall–Kier alpha value is -1.24. The van der Waals surface area contributed by atoms with Gasteiger partial charge in [0.15, 0.2) is 0 Å². The van der Waals surface area contributed by atoms with E-state index in [0.717, 1.165) is 25.8 Å². The minimum Gasteiger partial charge on any atom is -0.506 e. The molecule has 0 aromatic heterocycles. The van der Waals surface area contributed by atoms with Gasteiger partial charge in [-0.1, -0.05) is 11.6 Å². The lowest BCUT2D eigenvalue weighted by atomic mass is 9.99. The zero-order valence-electron chi connectivity index (χ0n) is 12.8. The van der Waals surface area contributed by atoms with E-state index in [9.17, 15) is 9.90 Å². The number of methoxy groups -OCH3 is 1. The zero-order chi connectivity index (χ0) is 16.2. The van der Waals surface area contributed by atoms with Gasteiger partial charge < -0.3 is 14.9 Å². The van der Waals surface area contributed by atoms with Gasteiger partial charge in [-0.2, -0.15) is 0 Å². The summed E-state index contributed by atoms with van der Waals surface area (Å²) in [4.78, 5) is 10.6. The van der Waals surface area contributed by atoms with E-state index in [2.05, 4.69) is 22.6 Å². The SMILES string of the molecule is COc1c(C)c(C)c(I)c(O)c1C/C=C(\C)CCC(=O)O. The van der Waals surface area contributed by atoms with Crippen LogP contribution in [0.3, 0.4) is 0 Å². The number of carbonyl (C=O) groups is 1. The molecule has 21 heavy (non-hydrogen) atoms. The number of benzene rings is 1. The third-order valence-electron chi connectivity index (χ3n) is 3.59. The number of phenolic OH excluding ortho intramolecular Hbond substituents is 1. The Morgan fingerprint density at radius 2 is 1.90 bits per heavy atom. The number of aromatic hydroxyl groups is 1. The molecule has 0 aliphatic rings. The smallest absolute Gasteiger partial charge is 0.303 e. The van der Waals surface area contributed by atoms with Gasteiger partial charge in [0.05, 0.1) is 10.7 Å². The second-order valence-corrected chi connectivity index (χ2v) is 6.15. The normalized spacial score (nSPS) is 11.6. The highest BCUT2D eigenvalue weighted by Gasteiger charge is 2.18. The van der Waals surface area contributed by atoms with Gasteiger partial charge in [0, 0.05) is 12.0 Å². The number of rotatable bonds is 6. The van der Waals surface area contributed by atoms with E-state index >= 15 is 0 Å². The van der Waals surface area contributed by atoms with Crippen LogP contribution in [0.4, 0.5) is 0 Å². The van der Waals surface area contributed by atoms with Crippen LogP contribution in [-0.4, -0.2) is 23.3 Å². The second kappa shape index (κ2) is 7.68. The molecule has 0 fully saturated rings. The first-order chi connectivity index (χ1) is 9.79. The number of halogens is 1. The monoisotopic (exact) mass is 404 g/mol. The van der Waals surface area contributed by atoms with E-state index in [1.165, 1.54) is 0 Å². The van der Waals surface area contributed by atoms with Crippen LogP contribution in [0.15, 0.2) is 11.6 Å². The van der Waals surface area contributed by atoms with Crippen molar-refractivity contribution >= 4 is 28.6 Å². The van der Waals surface area contributed by atoms with Crippen molar-refractivity contribution in [1.29, 1.82) is 0 Å². The summed E-state index contributed by atoms with van der Waals surface area (Å²) in [6, 6.07) is 0. The maximum atomic E-state index is 10.6. The van der Waals surface area contributed by atoms with Crippen molar-refractivity contribution < 1.29 is 19.7 Å². The summed E-state index contributed by atoms with van der Waals surface area (Å²) >= 11 is 2.13. The average Bonchev–Trinajstić information content (AvgIpc) is 2.45. The lowest BCUT2D eigenvalue weighted by Crippen LogP contribution is -2.00. The summed E-state index contributed by atoms with van der Waals surface area (Å²) in [7, 11) is 1.60. The number of hydrogen-bond donors (Lipinski definition) is 2. The van der Waals surface area contributed by atoms with E-state index in [-0.39, 0.29) is 12.2 Å². The molecular weight excluding hydrogens is 383 g/mol. The highest BCUT2D eigenvalue weighted by atomic mass is 127. The van der Waals surface area contributed by atoms with Crippen molar-refractivity contribution in [1.82, 2.24) is 0 Å². The Labute approximate surface area is 139 Å². The van der Waals surface area contributed by atoms with E-state index in [0.29, 0.717) is 18.6 Å². The standard InChI is InChI=1S/C16H21IO4/c1-9(6-8-13(18)19)5-7-12-15(20)14(17)10(2)11(3)16(12)21-4/h5,20H,6-8H2,1-4H3,(H,18,19)/b9-5+. The van der Waals surface area contributed by atoms with Crippen LogP contribution in [0.25, 0.3) is 0 Å². The Morgan fingerprint density at radius 3 is 2.43 bits per heavy atom. The van der Waals surface area contributed by atoms with Crippen molar-refractivity contribution in [2.75, 3.05) is 7.11 Å². The van der Waals surface area contributed by atoms with E-state index < -0.39 is 5.97 Å². The number of allylic oxidation sites excluding steroid dienone is 2. The lowest BCUT2D eigenvalue weighted by molar-refractivity contribution is -0.136. The molecule has 1 aromatic rings. The van der Waals surface area contributed by atoms with E-state index in [1.807, 2.05) is 26.8 Å². The third kappa shape index (κ3) is 4.36. The summed E-state index contributed by atoms with van der Waals surface area (Å²) in [6.45, 7) is 5.83. The molecule has 0 bridgehead atoms. The molecular formula is C16H21IO4. The van der Waals surface area contributed by atoms with E-state index in [1.54, 1.807) is 7.11 Å². The largest absolute Gasteiger partial charge is 0.506 e. The Balaban J connectivity index is 3.08. The molecule has 0 radical (unpaired) electrons. The molecule has 116 valence electrons. The third-order valence-corrected chi connectivity index (χ3v) is 4.91. The first-order valence-corrected chi connectivity index (χ1v) is 7.79. The van der Waals surface area contributed by atoms with Gasteiger partial charge in [0.1, 0.15) is 11.5 Å². The van der Waals surface area contributed by atoms with Crippen LogP contribution in [0.5, 0.6) is 11.5 Å². The van der Waals surface area contributed by atoms with Crippen LogP contribution in [-0.2, 0) is 11.2 Å². The summed E-state index contributed by atoms with van der Waals surface area (Å²) in [5.41, 5.74) is 3.78. The van der Waals surface area contributed by atoms with Crippen molar-refractivity contribution in [2.24, 2.45) is 0 Å². The van der Waals surface area contributed by atoms with Crippen LogP contribution in [0.2, 0.25) is 0 Å². The number of carboxylic acid groups (broad SMARTS) is 1. The Bertz CT molecular complexity index is 576. The molecule has 0 aliphatic carbocycles. The predicted molar refractivity (Wildman–Crippen MR) is 91.2 cm³/mol. The molecule has 2 N–H and O–H groups in total. The highest BCUT2D eigenvalue weighted by molar-refractivity contribution is 14.1. The van der Waals surface area contributed by atoms with Gasteiger partial charge in [-0.3, -0.25) is 4.79 Å². The molecule has 1 rings (SSSR count). The van der Waals surface area contributed by atoms with Gasteiger partial charge in [0.2, 0.25) is 0 Å². The van der Waals surface area contributed by atoms with Crippen LogP contribution in [0.1, 0.15) is 36.5 Å². The first-order valence-electron chi connectivity index (χ1n) is 6.71. The molecule has 0 atom stereocenters. The number of aliphatic carboxylic acids is 1. The van der Waals surface area contributed by atoms with Crippen LogP contribution >= 0.6 is 22.6 Å². The van der Waals surface area contributed by atoms with Crippen molar-refractivity contribution in [3.8, 4) is 11.5 Å². The molecule has 5 heteroatoms. The van der Waals surface area contributed by atoms with Crippen molar-refractivity contribution in [3.05, 3.63) is 31.9 Å². The maximum Gasteiger partial charge on any atom is 0.303 e. The average molecular weight is 404 g/mol. The van der Waals surface area contributed by atoms with Gasteiger partial charge in [0.25, 0.3) is 0 Å². The summed E-state index contributed by atoms with van der Waals surface area (Å²) in [6.07, 6.45) is 3.11. The van der Waals surface area contributed by atoms with E-state index in [4.69, 9.17) is 9.84 Å². The minimum atomic E-state index is -0.802. The van der Waals surface area contributed by atoms with Gasteiger partial charge >= 0.3 is 5.97 Å². The fraction of sp³-hybridized carbons (Fsp3) is 0.438. The van der Waals surface area contributed by atoms with Crippen molar-refractivity contribution in [2.45, 2.75) is 40.0 Å². The molecule has 0 unspecified atom stereocenters. The molecule has 4 nitrogen and oxygen atoms in total. The maximum absolute atomic E-state index is 10.6. The molecule has 1 aromatic carbocycles. The first kappa shape index (κ1) is 17.8. The Morgan fingerprint density at radius 1 is 1.29 bits per heavy atom. The molecule has 0 amide bonds. The molecule has 0 saturated carbocycles. The van der Waals surface area contributed by atoms with Crippen LogP contribution in [0, 0.1) is 17.4 Å². The van der Waals surface area contributed by atoms with Gasteiger partial charge in [-0.05, 0) is 67.3 Å². The summed E-state index contributed by atoms with van der Waals surface area (Å²) < 4.78 is 6.27. The second-order valence-electron chi connectivity index (χ2n) is 5.07. The summed E-state index contributed by atoms with van der Waals surface area (Å²) in [5.74, 6) is 0.148. The molecule has 0 spiro atoms.